The second-order valence-corrected chi connectivity index (χ2v) is 6.99. The summed E-state index contributed by atoms with van der Waals surface area (Å²) in [4.78, 5) is 4.26. The quantitative estimate of drug-likeness (QED) is 0.427. The first-order valence-electron chi connectivity index (χ1n) is 6.50. The third-order valence-electron chi connectivity index (χ3n) is 3.23. The highest BCUT2D eigenvalue weighted by molar-refractivity contribution is 6.38. The monoisotopic (exact) mass is 401 g/mol. The number of hydrogen-bond acceptors (Lipinski definition) is 1. The third kappa shape index (κ3) is 3.76. The number of hydrogen-bond donors (Lipinski definition) is 0. The average molecular weight is 404 g/mol. The van der Waals surface area contributed by atoms with Crippen LogP contribution in [-0.4, -0.2) is 4.98 Å². The molecule has 0 aliphatic heterocycles. The minimum Gasteiger partial charge on any atom is -0.263 e. The fourth-order valence-electron chi connectivity index (χ4n) is 2.27. The molecule has 1 aromatic heterocycles. The summed E-state index contributed by atoms with van der Waals surface area (Å²) in [6, 6.07) is 10.5. The normalized spacial score (nSPS) is 10.8. The fraction of sp³-hybridized carbons (Fsp3) is 0. The van der Waals surface area contributed by atoms with E-state index in [0.29, 0.717) is 25.1 Å². The number of nitrogens with zero attached hydrogens (tertiary/aromatic N) is 1. The zero-order chi connectivity index (χ0) is 16.6. The molecule has 6 heteroatoms. The molecule has 23 heavy (non-hydrogen) atoms. The van der Waals surface area contributed by atoms with Gasteiger partial charge < -0.3 is 0 Å². The first-order valence-corrected chi connectivity index (χ1v) is 8.39. The molecule has 0 aliphatic rings. The van der Waals surface area contributed by atoms with Crippen LogP contribution >= 0.6 is 58.0 Å². The number of benzene rings is 2. The van der Waals surface area contributed by atoms with E-state index >= 15 is 0 Å². The Bertz CT molecular complexity index is 782. The fourth-order valence-corrected chi connectivity index (χ4v) is 3.63. The van der Waals surface area contributed by atoms with Crippen molar-refractivity contribution >= 4 is 58.0 Å². The van der Waals surface area contributed by atoms with Crippen molar-refractivity contribution in [3.63, 3.8) is 0 Å². The van der Waals surface area contributed by atoms with E-state index in [2.05, 4.69) is 4.98 Å². The number of halogens is 5. The van der Waals surface area contributed by atoms with Gasteiger partial charge in [0, 0.05) is 43.6 Å². The molecule has 1 heterocycles. The highest BCUT2D eigenvalue weighted by atomic mass is 35.5. The van der Waals surface area contributed by atoms with Gasteiger partial charge in [0.15, 0.2) is 0 Å². The number of rotatable bonds is 2. The van der Waals surface area contributed by atoms with Crippen molar-refractivity contribution in [2.45, 2.75) is 0 Å². The maximum atomic E-state index is 6.57. The highest BCUT2D eigenvalue weighted by Gasteiger charge is 2.13. The van der Waals surface area contributed by atoms with Crippen LogP contribution in [0.15, 0.2) is 48.8 Å². The molecule has 1 nitrogen and oxygen atoms in total. The Balaban J connectivity index is 2.18. The number of pyridine rings is 1. The van der Waals surface area contributed by atoms with E-state index in [9.17, 15) is 0 Å². The van der Waals surface area contributed by atoms with E-state index in [1.165, 1.54) is 0 Å². The van der Waals surface area contributed by atoms with Gasteiger partial charge in [-0.05, 0) is 47.5 Å². The van der Waals surface area contributed by atoms with Crippen molar-refractivity contribution in [2.75, 3.05) is 0 Å². The van der Waals surface area contributed by atoms with Gasteiger partial charge in [0.25, 0.3) is 0 Å². The molecule has 0 radical (unpaired) electrons. The highest BCUT2D eigenvalue weighted by Crippen LogP contribution is 2.38. The molecule has 0 saturated heterocycles. The van der Waals surface area contributed by atoms with Gasteiger partial charge in [0.1, 0.15) is 0 Å². The van der Waals surface area contributed by atoms with Gasteiger partial charge in [0.05, 0.1) is 5.02 Å². The first-order chi connectivity index (χ1) is 10.9. The summed E-state index contributed by atoms with van der Waals surface area (Å²) < 4.78 is 0. The van der Waals surface area contributed by atoms with E-state index in [4.69, 9.17) is 58.0 Å². The van der Waals surface area contributed by atoms with Gasteiger partial charge >= 0.3 is 0 Å². The van der Waals surface area contributed by atoms with Crippen LogP contribution in [0, 0.1) is 0 Å². The Hall–Kier alpha value is -0.960. The first kappa shape index (κ1) is 16.9. The van der Waals surface area contributed by atoms with Gasteiger partial charge in [-0.15, -0.1) is 0 Å². The van der Waals surface area contributed by atoms with Crippen LogP contribution in [-0.2, 0) is 0 Å². The van der Waals surface area contributed by atoms with Crippen molar-refractivity contribution in [1.82, 2.24) is 4.98 Å². The molecule has 0 atom stereocenters. The largest absolute Gasteiger partial charge is 0.263 e. The van der Waals surface area contributed by atoms with E-state index in [1.54, 1.807) is 48.8 Å². The topological polar surface area (TPSA) is 12.9 Å². The van der Waals surface area contributed by atoms with Crippen LogP contribution < -0.4 is 0 Å². The van der Waals surface area contributed by atoms with Gasteiger partial charge in [-0.2, -0.15) is 0 Å². The van der Waals surface area contributed by atoms with Gasteiger partial charge in [-0.3, -0.25) is 4.98 Å². The van der Waals surface area contributed by atoms with E-state index < -0.39 is 0 Å². The second kappa shape index (κ2) is 6.88. The molecule has 0 N–H and O–H groups in total. The Morgan fingerprint density at radius 1 is 0.522 bits per heavy atom. The molecule has 0 bridgehead atoms. The summed E-state index contributed by atoms with van der Waals surface area (Å²) in [6.45, 7) is 0. The van der Waals surface area contributed by atoms with Crippen molar-refractivity contribution in [3.8, 4) is 22.3 Å². The summed E-state index contributed by atoms with van der Waals surface area (Å²) in [6.07, 6.45) is 3.33. The van der Waals surface area contributed by atoms with Crippen molar-refractivity contribution in [3.05, 3.63) is 73.9 Å². The van der Waals surface area contributed by atoms with E-state index in [0.717, 1.165) is 22.3 Å². The lowest BCUT2D eigenvalue weighted by molar-refractivity contribution is 1.33. The van der Waals surface area contributed by atoms with Crippen LogP contribution in [0.3, 0.4) is 0 Å². The Morgan fingerprint density at radius 3 is 1.22 bits per heavy atom. The van der Waals surface area contributed by atoms with Crippen LogP contribution in [0.1, 0.15) is 0 Å². The third-order valence-corrected chi connectivity index (χ3v) is 4.51. The lowest BCUT2D eigenvalue weighted by atomic mass is 10.0. The SMILES string of the molecule is Clc1cc(Cl)cc(-c2cncc(-c3cc(Cl)cc(Cl)c3)c2Cl)c1. The summed E-state index contributed by atoms with van der Waals surface area (Å²) in [7, 11) is 0. The van der Waals surface area contributed by atoms with Crippen molar-refractivity contribution in [1.29, 1.82) is 0 Å². The smallest absolute Gasteiger partial charge is 0.0593 e. The molecule has 0 saturated carbocycles. The van der Waals surface area contributed by atoms with Crippen LogP contribution in [0.5, 0.6) is 0 Å². The van der Waals surface area contributed by atoms with Gasteiger partial charge in [-0.1, -0.05) is 58.0 Å². The molecular weight excluding hydrogens is 395 g/mol. The van der Waals surface area contributed by atoms with Crippen LogP contribution in [0.4, 0.5) is 0 Å². The summed E-state index contributed by atoms with van der Waals surface area (Å²) in [5, 5.41) is 2.63. The lowest BCUT2D eigenvalue weighted by Gasteiger charge is -2.11. The minimum atomic E-state index is 0.525. The zero-order valence-corrected chi connectivity index (χ0v) is 15.2. The molecule has 0 spiro atoms. The Kier molecular flexibility index (Phi) is 5.05. The minimum absolute atomic E-state index is 0.525. The number of aromatic nitrogens is 1. The van der Waals surface area contributed by atoms with Gasteiger partial charge in [-0.25, -0.2) is 0 Å². The van der Waals surface area contributed by atoms with Crippen LogP contribution in [0.2, 0.25) is 25.1 Å². The summed E-state index contributed by atoms with van der Waals surface area (Å²) >= 11 is 30.8. The van der Waals surface area contributed by atoms with Crippen LogP contribution in [0.25, 0.3) is 22.3 Å². The summed E-state index contributed by atoms with van der Waals surface area (Å²) in [5.74, 6) is 0. The van der Waals surface area contributed by atoms with Crippen molar-refractivity contribution in [2.24, 2.45) is 0 Å². The Morgan fingerprint density at radius 2 is 0.870 bits per heavy atom. The maximum absolute atomic E-state index is 6.57. The molecule has 0 unspecified atom stereocenters. The molecular formula is C17H8Cl5N. The molecule has 116 valence electrons. The molecule has 0 aliphatic carbocycles. The standard InChI is InChI=1S/C17H8Cl5N/c18-11-1-9(2-12(19)5-11)15-7-23-8-16(17(15)22)10-3-13(20)6-14(21)4-10/h1-8H. The predicted octanol–water partition coefficient (Wildman–Crippen LogP) is 7.68. The van der Waals surface area contributed by atoms with Crippen molar-refractivity contribution < 1.29 is 0 Å². The van der Waals surface area contributed by atoms with E-state index in [-0.39, 0.29) is 0 Å². The zero-order valence-electron chi connectivity index (χ0n) is 11.5. The summed E-state index contributed by atoms with van der Waals surface area (Å²) in [5.41, 5.74) is 3.03. The average Bonchev–Trinajstić information content (AvgIpc) is 2.45. The molecule has 0 amide bonds. The second-order valence-electron chi connectivity index (χ2n) is 4.86. The van der Waals surface area contributed by atoms with Gasteiger partial charge in [0.2, 0.25) is 0 Å². The predicted molar refractivity (Wildman–Crippen MR) is 100 cm³/mol. The molecule has 3 aromatic rings. The molecule has 3 rings (SSSR count). The van der Waals surface area contributed by atoms with E-state index in [1.807, 2.05) is 0 Å². The lowest BCUT2D eigenvalue weighted by Crippen LogP contribution is -1.88. The Labute approximate surface area is 158 Å². The molecule has 2 aromatic carbocycles. The molecule has 0 fully saturated rings. The maximum Gasteiger partial charge on any atom is 0.0593 e.